The standard InChI is InChI=1S/C71H38F18N4/c1-35-5-13-51(58(21-35)70(84,85)86)40-8-19-62-55(28-40)53-26-38(49-14-10-44(22-36(49)2)66(72,73)74)6-17-60(53)92(62)64-30-43(42-24-47(69(81,82)83)32-48(25-42)91-4)31-65(57(64)34-90)93-61-18-7-39(50-15-11-45(23-37(50)3)67(75,76)77)27-54(61)56-29-41(9-20-63(56)93)52-16-12-46(68(78,79)80)33-59(52)71(87,88)89/h5-33H,1-3H3. The molecular weight excluding hydrogens is 1250 g/mol. The minimum absolute atomic E-state index is 0.0322. The third kappa shape index (κ3) is 11.3. The fraction of sp³-hybridized carbons (Fsp3) is 0.127. The number of aromatic nitrogens is 2. The average molecular weight is 1290 g/mol. The summed E-state index contributed by atoms with van der Waals surface area (Å²) in [7, 11) is 0. The Labute approximate surface area is 514 Å². The lowest BCUT2D eigenvalue weighted by molar-refractivity contribution is -0.143. The Kier molecular flexibility index (Phi) is 14.7. The number of alkyl halides is 18. The van der Waals surface area contributed by atoms with E-state index in [1.54, 1.807) is 6.07 Å². The topological polar surface area (TPSA) is 38.0 Å². The number of rotatable bonds is 7. The molecule has 0 aliphatic carbocycles. The van der Waals surface area contributed by atoms with Crippen molar-refractivity contribution in [2.45, 2.75) is 57.8 Å². The van der Waals surface area contributed by atoms with Crippen LogP contribution in [0.15, 0.2) is 176 Å². The molecule has 0 aliphatic rings. The van der Waals surface area contributed by atoms with Gasteiger partial charge in [-0.1, -0.05) is 60.2 Å². The lowest BCUT2D eigenvalue weighted by Gasteiger charge is -2.19. The van der Waals surface area contributed by atoms with Crippen LogP contribution in [0.2, 0.25) is 0 Å². The van der Waals surface area contributed by atoms with Crippen molar-refractivity contribution in [1.29, 1.82) is 5.26 Å². The maximum atomic E-state index is 14.9. The van der Waals surface area contributed by atoms with E-state index in [4.69, 9.17) is 6.57 Å². The molecule has 0 saturated heterocycles. The maximum Gasteiger partial charge on any atom is 0.417 e. The molecule has 4 nitrogen and oxygen atoms in total. The molecule has 93 heavy (non-hydrogen) atoms. The van der Waals surface area contributed by atoms with Gasteiger partial charge in [0.05, 0.1) is 67.8 Å². The number of hydrogen-bond donors (Lipinski definition) is 0. The molecule has 22 heteroatoms. The molecule has 2 heterocycles. The van der Waals surface area contributed by atoms with E-state index < -0.39 is 81.7 Å². The van der Waals surface area contributed by atoms with E-state index in [2.05, 4.69) is 10.9 Å². The van der Waals surface area contributed by atoms with Crippen molar-refractivity contribution in [3.8, 4) is 73.1 Å². The van der Waals surface area contributed by atoms with Crippen molar-refractivity contribution in [2.24, 2.45) is 0 Å². The van der Waals surface area contributed by atoms with Gasteiger partial charge in [0.25, 0.3) is 0 Å². The molecule has 0 atom stereocenters. The Morgan fingerprint density at radius 2 is 0.677 bits per heavy atom. The first-order valence-electron chi connectivity index (χ1n) is 27.7. The molecule has 0 radical (unpaired) electrons. The first-order chi connectivity index (χ1) is 43.5. The van der Waals surface area contributed by atoms with Crippen LogP contribution in [-0.4, -0.2) is 9.13 Å². The van der Waals surface area contributed by atoms with Crippen LogP contribution in [0.3, 0.4) is 0 Å². The molecule has 0 aliphatic heterocycles. The highest BCUT2D eigenvalue weighted by molar-refractivity contribution is 6.14. The van der Waals surface area contributed by atoms with Crippen LogP contribution in [-0.2, 0) is 37.1 Å². The summed E-state index contributed by atoms with van der Waals surface area (Å²) in [5.74, 6) is 0. The zero-order valence-corrected chi connectivity index (χ0v) is 47.8. The quantitative estimate of drug-likeness (QED) is 0.116. The predicted octanol–water partition coefficient (Wildman–Crippen LogP) is 23.7. The second-order valence-electron chi connectivity index (χ2n) is 22.3. The van der Waals surface area contributed by atoms with Gasteiger partial charge in [0.15, 0.2) is 5.69 Å². The second kappa shape index (κ2) is 21.9. The van der Waals surface area contributed by atoms with Gasteiger partial charge in [-0.25, -0.2) is 4.85 Å². The monoisotopic (exact) mass is 1290 g/mol. The van der Waals surface area contributed by atoms with E-state index in [0.717, 1.165) is 48.5 Å². The predicted molar refractivity (Wildman–Crippen MR) is 318 cm³/mol. The van der Waals surface area contributed by atoms with E-state index in [1.807, 2.05) is 0 Å². The molecule has 0 unspecified atom stereocenters. The molecule has 0 amide bonds. The average Bonchev–Trinajstić information content (AvgIpc) is 1.59. The molecule has 0 N–H and O–H groups in total. The van der Waals surface area contributed by atoms with Crippen molar-refractivity contribution in [2.75, 3.05) is 0 Å². The summed E-state index contributed by atoms with van der Waals surface area (Å²) in [4.78, 5) is 3.30. The summed E-state index contributed by atoms with van der Waals surface area (Å²) in [5, 5.41) is 12.4. The number of fused-ring (bicyclic) bond motifs is 6. The third-order valence-electron chi connectivity index (χ3n) is 16.4. The van der Waals surface area contributed by atoms with Crippen molar-refractivity contribution in [3.05, 3.63) is 243 Å². The van der Waals surface area contributed by atoms with E-state index in [0.29, 0.717) is 29.3 Å². The Balaban J connectivity index is 1.21. The molecule has 468 valence electrons. The highest BCUT2D eigenvalue weighted by atomic mass is 19.4. The Morgan fingerprint density at radius 3 is 1.03 bits per heavy atom. The lowest BCUT2D eigenvalue weighted by atomic mass is 9.94. The Morgan fingerprint density at radius 1 is 0.333 bits per heavy atom. The smallest absolute Gasteiger partial charge is 0.308 e. The molecule has 0 bridgehead atoms. The molecule has 0 fully saturated rings. The van der Waals surface area contributed by atoms with E-state index in [-0.39, 0.29) is 122 Å². The normalized spacial score (nSPS) is 12.8. The lowest BCUT2D eigenvalue weighted by Crippen LogP contribution is -2.12. The summed E-state index contributed by atoms with van der Waals surface area (Å²) < 4.78 is 263. The van der Waals surface area contributed by atoms with Crippen LogP contribution in [0.4, 0.5) is 84.7 Å². The maximum absolute atomic E-state index is 14.9. The Hall–Kier alpha value is -10.5. The highest BCUT2D eigenvalue weighted by Gasteiger charge is 2.40. The zero-order valence-electron chi connectivity index (χ0n) is 47.8. The first kappa shape index (κ1) is 62.7. The Bertz CT molecular complexity index is 5190. The van der Waals surface area contributed by atoms with E-state index in [1.165, 1.54) is 127 Å². The third-order valence-corrected chi connectivity index (χ3v) is 16.4. The molecule has 10 aromatic carbocycles. The van der Waals surface area contributed by atoms with Gasteiger partial charge >= 0.3 is 37.1 Å². The van der Waals surface area contributed by atoms with Gasteiger partial charge < -0.3 is 9.13 Å². The van der Waals surface area contributed by atoms with Crippen molar-refractivity contribution in [1.82, 2.24) is 9.13 Å². The summed E-state index contributed by atoms with van der Waals surface area (Å²) in [6.07, 6.45) is -30.0. The van der Waals surface area contributed by atoms with Gasteiger partial charge in [-0.15, -0.1) is 0 Å². The van der Waals surface area contributed by atoms with Gasteiger partial charge in [-0.2, -0.15) is 84.3 Å². The summed E-state index contributed by atoms with van der Waals surface area (Å²) >= 11 is 0. The number of hydrogen-bond acceptors (Lipinski definition) is 1. The minimum Gasteiger partial charge on any atom is -0.308 e. The fourth-order valence-electron chi connectivity index (χ4n) is 12.2. The van der Waals surface area contributed by atoms with Crippen LogP contribution in [0.5, 0.6) is 0 Å². The van der Waals surface area contributed by atoms with E-state index >= 15 is 0 Å². The SMILES string of the molecule is [C-]#[N+]c1cc(-c2cc(-n3c4ccc(-c5ccc(C(F)(F)F)cc5C)cc4c4cc(-c5ccc(C)cc5C(F)(F)F)ccc43)c(C#N)c(-n3c4ccc(-c5ccc(C(F)(F)F)cc5C)cc4c4cc(-c5ccc(C(F)(F)F)cc5C(F)(F)F)ccc43)c2)cc(C(F)(F)F)c1. The van der Waals surface area contributed by atoms with Crippen molar-refractivity contribution < 1.29 is 79.0 Å². The molecule has 2 aromatic heterocycles. The molecule has 0 saturated carbocycles. The number of nitrogens with zero attached hydrogens (tertiary/aromatic N) is 4. The van der Waals surface area contributed by atoms with Crippen LogP contribution < -0.4 is 0 Å². The highest BCUT2D eigenvalue weighted by Crippen LogP contribution is 2.49. The van der Waals surface area contributed by atoms with Crippen molar-refractivity contribution >= 4 is 49.3 Å². The summed E-state index contributed by atoms with van der Waals surface area (Å²) in [6.45, 7) is 12.1. The molecule has 12 aromatic rings. The number of benzene rings is 10. The first-order valence-corrected chi connectivity index (χ1v) is 27.7. The zero-order chi connectivity index (χ0) is 67.0. The molecule has 0 spiro atoms. The van der Waals surface area contributed by atoms with Crippen molar-refractivity contribution in [3.63, 3.8) is 0 Å². The van der Waals surface area contributed by atoms with Gasteiger partial charge in [0, 0.05) is 27.1 Å². The van der Waals surface area contributed by atoms with Gasteiger partial charge in [-0.05, 0) is 209 Å². The van der Waals surface area contributed by atoms with Crippen LogP contribution in [0, 0.1) is 38.7 Å². The number of nitriles is 1. The molecule has 12 rings (SSSR count). The van der Waals surface area contributed by atoms with Gasteiger partial charge in [0.2, 0.25) is 0 Å². The van der Waals surface area contributed by atoms with Crippen LogP contribution in [0.1, 0.15) is 55.6 Å². The number of halogens is 18. The minimum atomic E-state index is -5.37. The van der Waals surface area contributed by atoms with Crippen LogP contribution in [0.25, 0.3) is 115 Å². The largest absolute Gasteiger partial charge is 0.417 e. The van der Waals surface area contributed by atoms with Gasteiger partial charge in [-0.3, -0.25) is 0 Å². The second-order valence-corrected chi connectivity index (χ2v) is 22.3. The number of aryl methyl sites for hydroxylation is 3. The molecular formula is C71H38F18N4. The van der Waals surface area contributed by atoms with Crippen LogP contribution >= 0.6 is 0 Å². The summed E-state index contributed by atoms with van der Waals surface area (Å²) in [5.41, 5.74) is -8.02. The summed E-state index contributed by atoms with van der Waals surface area (Å²) in [6, 6.07) is 34.9. The van der Waals surface area contributed by atoms with Gasteiger partial charge in [0.1, 0.15) is 11.6 Å². The fourth-order valence-corrected chi connectivity index (χ4v) is 12.2. The van der Waals surface area contributed by atoms with E-state index in [9.17, 15) is 84.3 Å².